The van der Waals surface area contributed by atoms with Crippen LogP contribution >= 0.6 is 0 Å². The molecular formula is C77H120O6. The molecule has 0 bridgehead atoms. The molecule has 0 aliphatic carbocycles. The van der Waals surface area contributed by atoms with E-state index in [-0.39, 0.29) is 37.5 Å². The molecule has 0 fully saturated rings. The Bertz CT molecular complexity index is 1940. The Morgan fingerprint density at radius 1 is 0.253 bits per heavy atom. The van der Waals surface area contributed by atoms with Crippen molar-refractivity contribution >= 4 is 17.9 Å². The minimum absolute atomic E-state index is 0.108. The van der Waals surface area contributed by atoms with E-state index in [1.807, 2.05) is 0 Å². The van der Waals surface area contributed by atoms with E-state index in [0.29, 0.717) is 12.8 Å². The molecule has 0 radical (unpaired) electrons. The van der Waals surface area contributed by atoms with Crippen LogP contribution < -0.4 is 0 Å². The molecule has 1 unspecified atom stereocenters. The number of hydrogen-bond donors (Lipinski definition) is 0. The maximum atomic E-state index is 12.9. The highest BCUT2D eigenvalue weighted by Gasteiger charge is 2.19. The molecule has 83 heavy (non-hydrogen) atoms. The number of carbonyl (C=O) groups is 3. The van der Waals surface area contributed by atoms with Crippen LogP contribution in [0.1, 0.15) is 265 Å². The zero-order valence-corrected chi connectivity index (χ0v) is 53.1. The van der Waals surface area contributed by atoms with Gasteiger partial charge in [0, 0.05) is 19.3 Å². The molecule has 0 spiro atoms. The minimum atomic E-state index is -0.815. The molecular weight excluding hydrogens is 1020 g/mol. The average Bonchev–Trinajstić information content (AvgIpc) is 3.49. The van der Waals surface area contributed by atoms with Gasteiger partial charge in [0.15, 0.2) is 6.10 Å². The van der Waals surface area contributed by atoms with E-state index >= 15 is 0 Å². The van der Waals surface area contributed by atoms with Gasteiger partial charge in [-0.1, -0.05) is 274 Å². The second-order valence-electron chi connectivity index (χ2n) is 21.3. The van der Waals surface area contributed by atoms with Crippen LogP contribution in [0.2, 0.25) is 0 Å². The van der Waals surface area contributed by atoms with Gasteiger partial charge in [-0.15, -0.1) is 0 Å². The lowest BCUT2D eigenvalue weighted by Crippen LogP contribution is -2.30. The van der Waals surface area contributed by atoms with Gasteiger partial charge in [-0.05, 0) is 154 Å². The summed E-state index contributed by atoms with van der Waals surface area (Å²) < 4.78 is 16.9. The highest BCUT2D eigenvalue weighted by atomic mass is 16.6. The predicted molar refractivity (Wildman–Crippen MR) is 361 cm³/mol. The van der Waals surface area contributed by atoms with Crippen LogP contribution in [0.4, 0.5) is 0 Å². The third kappa shape index (κ3) is 67.2. The molecule has 0 saturated heterocycles. The van der Waals surface area contributed by atoms with Crippen LogP contribution in [-0.4, -0.2) is 37.2 Å². The van der Waals surface area contributed by atoms with Crippen LogP contribution in [-0.2, 0) is 28.6 Å². The summed E-state index contributed by atoms with van der Waals surface area (Å²) in [5, 5.41) is 0. The van der Waals surface area contributed by atoms with E-state index in [2.05, 4.69) is 203 Å². The van der Waals surface area contributed by atoms with Crippen molar-refractivity contribution in [3.8, 4) is 0 Å². The number of carbonyl (C=O) groups excluding carboxylic acids is 3. The summed E-state index contributed by atoms with van der Waals surface area (Å²) in [6, 6.07) is 0. The van der Waals surface area contributed by atoms with Crippen molar-refractivity contribution in [1.82, 2.24) is 0 Å². The van der Waals surface area contributed by atoms with Gasteiger partial charge in [0.05, 0.1) is 0 Å². The molecule has 6 nitrogen and oxygen atoms in total. The largest absolute Gasteiger partial charge is 0.462 e. The molecule has 1 atom stereocenters. The molecule has 0 aromatic heterocycles. The maximum Gasteiger partial charge on any atom is 0.306 e. The molecule has 0 heterocycles. The third-order valence-electron chi connectivity index (χ3n) is 13.4. The second-order valence-corrected chi connectivity index (χ2v) is 21.3. The molecule has 0 aliphatic rings. The zero-order chi connectivity index (χ0) is 59.9. The van der Waals surface area contributed by atoms with Crippen molar-refractivity contribution < 1.29 is 28.6 Å². The van der Waals surface area contributed by atoms with Gasteiger partial charge in [-0.25, -0.2) is 0 Å². The molecule has 0 N–H and O–H groups in total. The lowest BCUT2D eigenvalue weighted by molar-refractivity contribution is -0.167. The molecule has 0 saturated carbocycles. The number of unbranched alkanes of at least 4 members (excludes halogenated alkanes) is 17. The fraction of sp³-hybridized carbons (Fsp3) is 0.571. The smallest absolute Gasteiger partial charge is 0.306 e. The topological polar surface area (TPSA) is 78.9 Å². The number of hydrogen-bond acceptors (Lipinski definition) is 6. The van der Waals surface area contributed by atoms with Gasteiger partial charge >= 0.3 is 17.9 Å². The molecule has 0 aromatic carbocycles. The summed E-state index contributed by atoms with van der Waals surface area (Å²) in [4.78, 5) is 38.4. The third-order valence-corrected chi connectivity index (χ3v) is 13.4. The van der Waals surface area contributed by atoms with Crippen molar-refractivity contribution in [2.45, 2.75) is 271 Å². The van der Waals surface area contributed by atoms with E-state index in [9.17, 15) is 14.4 Å². The molecule has 0 amide bonds. The first-order valence-corrected chi connectivity index (χ1v) is 33.3. The van der Waals surface area contributed by atoms with E-state index < -0.39 is 6.10 Å². The molecule has 464 valence electrons. The van der Waals surface area contributed by atoms with Crippen molar-refractivity contribution in [2.24, 2.45) is 0 Å². The summed E-state index contributed by atoms with van der Waals surface area (Å²) in [6.07, 6.45) is 103. The van der Waals surface area contributed by atoms with Crippen LogP contribution in [0, 0.1) is 0 Å². The minimum Gasteiger partial charge on any atom is -0.462 e. The first-order valence-electron chi connectivity index (χ1n) is 33.3. The summed E-state index contributed by atoms with van der Waals surface area (Å²) in [5.74, 6) is -0.963. The van der Waals surface area contributed by atoms with Gasteiger partial charge in [0.25, 0.3) is 0 Å². The van der Waals surface area contributed by atoms with Gasteiger partial charge in [-0.2, -0.15) is 0 Å². The number of rotatable bonds is 58. The Kier molecular flexibility index (Phi) is 64.4. The highest BCUT2D eigenvalue weighted by Crippen LogP contribution is 2.14. The second kappa shape index (κ2) is 69.0. The van der Waals surface area contributed by atoms with Crippen LogP contribution in [0.5, 0.6) is 0 Å². The summed E-state index contributed by atoms with van der Waals surface area (Å²) >= 11 is 0. The SMILES string of the molecule is CC/C=C\C/C=C\C/C=C\C/C=C\C/C=C\C/C=C\C/C=C\CCCCCCCCCC(=O)OCC(COC(=O)CCCCCCC/C=C\C/C=C\CCC)OC(=O)CCCCCC/C=C\C/C=C\C/C=C\C/C=C\C/C=C\C/C=C\CC. The number of allylic oxidation sites excluding steroid dienone is 30. The fourth-order valence-corrected chi connectivity index (χ4v) is 8.46. The van der Waals surface area contributed by atoms with Crippen LogP contribution in [0.15, 0.2) is 182 Å². The average molecular weight is 1140 g/mol. The normalized spacial score (nSPS) is 13.3. The van der Waals surface area contributed by atoms with Crippen molar-refractivity contribution in [1.29, 1.82) is 0 Å². The number of ether oxygens (including phenoxy) is 3. The van der Waals surface area contributed by atoms with Gasteiger partial charge in [0.1, 0.15) is 13.2 Å². The van der Waals surface area contributed by atoms with Crippen molar-refractivity contribution in [3.05, 3.63) is 182 Å². The van der Waals surface area contributed by atoms with Crippen LogP contribution in [0.25, 0.3) is 0 Å². The number of esters is 3. The lowest BCUT2D eigenvalue weighted by Gasteiger charge is -2.18. The van der Waals surface area contributed by atoms with Crippen molar-refractivity contribution in [3.63, 3.8) is 0 Å². The summed E-state index contributed by atoms with van der Waals surface area (Å²) in [6.45, 7) is 6.30. The first kappa shape index (κ1) is 77.5. The molecule has 6 heteroatoms. The predicted octanol–water partition coefficient (Wildman–Crippen LogP) is 23.2. The Hall–Kier alpha value is -5.49. The van der Waals surface area contributed by atoms with Gasteiger partial charge in [0.2, 0.25) is 0 Å². The fourth-order valence-electron chi connectivity index (χ4n) is 8.46. The van der Waals surface area contributed by atoms with E-state index in [1.54, 1.807) is 0 Å². The van der Waals surface area contributed by atoms with E-state index in [4.69, 9.17) is 14.2 Å². The highest BCUT2D eigenvalue weighted by molar-refractivity contribution is 5.71. The summed E-state index contributed by atoms with van der Waals surface area (Å²) in [7, 11) is 0. The Morgan fingerprint density at radius 2 is 0.470 bits per heavy atom. The Morgan fingerprint density at radius 3 is 0.735 bits per heavy atom. The molecule has 0 aromatic rings. The zero-order valence-electron chi connectivity index (χ0n) is 53.1. The van der Waals surface area contributed by atoms with Gasteiger partial charge in [-0.3, -0.25) is 14.4 Å². The summed E-state index contributed by atoms with van der Waals surface area (Å²) in [5.41, 5.74) is 0. The van der Waals surface area contributed by atoms with Crippen LogP contribution in [0.3, 0.4) is 0 Å². The standard InChI is InChI=1S/C77H120O6/c1-4-7-10-13-16-19-22-25-27-29-31-33-35-36-37-38-39-40-42-43-45-47-49-52-55-58-61-64-67-70-76(79)82-73-74(72-81-75(78)69-66-63-60-57-54-51-24-21-18-15-12-9-6-3)83-77(80)71-68-65-62-59-56-53-50-48-46-44-41-34-32-30-28-26-23-20-17-14-11-8-5-2/h7-8,10-12,15-17,19-21,24-28,31-34,36-37,39-40,43-46,50,53,74H,4-6,9,13-14,18,22-23,29-30,35,38,41-42,47-49,51-52,54-73H2,1-3H3/b10-7-,11-8-,15-12-,19-16-,20-17-,24-21-,27-25-,28-26-,33-31-,34-32-,37-36-,40-39-,45-43-,46-44-,53-50-. The monoisotopic (exact) mass is 1140 g/mol. The van der Waals surface area contributed by atoms with Gasteiger partial charge < -0.3 is 14.2 Å². The Balaban J connectivity index is 4.44. The molecule has 0 aliphatic heterocycles. The molecule has 0 rings (SSSR count). The Labute approximate surface area is 510 Å². The lowest BCUT2D eigenvalue weighted by atomic mass is 10.1. The first-order chi connectivity index (χ1) is 41.0. The van der Waals surface area contributed by atoms with E-state index in [1.165, 1.54) is 32.1 Å². The van der Waals surface area contributed by atoms with Crippen molar-refractivity contribution in [2.75, 3.05) is 13.2 Å². The van der Waals surface area contributed by atoms with E-state index in [0.717, 1.165) is 193 Å². The quantitative estimate of drug-likeness (QED) is 0.0261. The maximum absolute atomic E-state index is 12.9.